The van der Waals surface area contributed by atoms with Crippen LogP contribution in [-0.2, 0) is 4.79 Å². The number of nitrogens with zero attached hydrogens (tertiary/aromatic N) is 1. The van der Waals surface area contributed by atoms with E-state index in [4.69, 9.17) is 5.11 Å². The van der Waals surface area contributed by atoms with E-state index >= 15 is 0 Å². The predicted molar refractivity (Wildman–Crippen MR) is 71.6 cm³/mol. The Kier molecular flexibility index (Phi) is 4.44. The van der Waals surface area contributed by atoms with Crippen LogP contribution in [0, 0.1) is 17.0 Å². The number of hydrogen-bond donors (Lipinski definition) is 2. The van der Waals surface area contributed by atoms with Gasteiger partial charge in [0.25, 0.3) is 11.6 Å². The van der Waals surface area contributed by atoms with E-state index in [0.29, 0.717) is 0 Å². The van der Waals surface area contributed by atoms with Crippen LogP contribution in [0.4, 0.5) is 5.69 Å². The van der Waals surface area contributed by atoms with E-state index in [-0.39, 0.29) is 23.2 Å². The third-order valence-electron chi connectivity index (χ3n) is 2.79. The van der Waals surface area contributed by atoms with E-state index in [9.17, 15) is 19.7 Å². The van der Waals surface area contributed by atoms with Gasteiger partial charge in [-0.2, -0.15) is 0 Å². The number of aliphatic carboxylic acids is 1. The van der Waals surface area contributed by atoms with Crippen LogP contribution in [0.1, 0.15) is 36.2 Å². The molecule has 2 N–H and O–H groups in total. The summed E-state index contributed by atoms with van der Waals surface area (Å²) in [5, 5.41) is 22.2. The molecule has 0 heterocycles. The first kappa shape index (κ1) is 15.6. The van der Waals surface area contributed by atoms with Crippen molar-refractivity contribution in [1.29, 1.82) is 0 Å². The second-order valence-corrected chi connectivity index (χ2v) is 5.12. The maximum Gasteiger partial charge on any atom is 0.305 e. The maximum atomic E-state index is 12.1. The van der Waals surface area contributed by atoms with Crippen molar-refractivity contribution in [3.05, 3.63) is 39.4 Å². The second kappa shape index (κ2) is 5.68. The molecule has 0 saturated heterocycles. The molecule has 1 aromatic carbocycles. The number of nitro benzene ring substituents is 1. The molecule has 0 saturated carbocycles. The minimum Gasteiger partial charge on any atom is -0.481 e. The van der Waals surface area contributed by atoms with Gasteiger partial charge in [-0.1, -0.05) is 6.07 Å². The number of hydrogen-bond acceptors (Lipinski definition) is 4. The molecule has 0 unspecified atom stereocenters. The van der Waals surface area contributed by atoms with Gasteiger partial charge in [0.05, 0.1) is 11.3 Å². The molecule has 1 rings (SSSR count). The van der Waals surface area contributed by atoms with Gasteiger partial charge < -0.3 is 10.4 Å². The minimum absolute atomic E-state index is 0.145. The highest BCUT2D eigenvalue weighted by molar-refractivity contribution is 5.97. The molecular formula is C13H16N2O5. The highest BCUT2D eigenvalue weighted by Crippen LogP contribution is 2.21. The molecule has 20 heavy (non-hydrogen) atoms. The lowest BCUT2D eigenvalue weighted by atomic mass is 9.99. The monoisotopic (exact) mass is 280 g/mol. The molecule has 1 aromatic rings. The minimum atomic E-state index is -1.04. The van der Waals surface area contributed by atoms with E-state index in [1.165, 1.54) is 25.1 Å². The number of carbonyl (C=O) groups excluding carboxylic acids is 1. The highest BCUT2D eigenvalue weighted by Gasteiger charge is 2.26. The molecule has 0 aliphatic carbocycles. The number of nitrogens with one attached hydrogen (secondary N) is 1. The lowest BCUT2D eigenvalue weighted by Crippen LogP contribution is -2.45. The summed E-state index contributed by atoms with van der Waals surface area (Å²) in [6.07, 6.45) is -0.243. The highest BCUT2D eigenvalue weighted by atomic mass is 16.6. The van der Waals surface area contributed by atoms with Crippen LogP contribution in [-0.4, -0.2) is 27.4 Å². The SMILES string of the molecule is Cc1c(C(=O)NC(C)(C)CC(=O)O)cccc1[N+](=O)[O-]. The van der Waals surface area contributed by atoms with Crippen LogP contribution in [0.5, 0.6) is 0 Å². The predicted octanol–water partition coefficient (Wildman–Crippen LogP) is 1.89. The third kappa shape index (κ3) is 3.78. The van der Waals surface area contributed by atoms with Crippen LogP contribution in [0.2, 0.25) is 0 Å². The molecule has 0 radical (unpaired) electrons. The van der Waals surface area contributed by atoms with Gasteiger partial charge in [-0.3, -0.25) is 19.7 Å². The number of nitro groups is 1. The summed E-state index contributed by atoms with van der Waals surface area (Å²) in [5.41, 5.74) is -0.674. The van der Waals surface area contributed by atoms with Crippen molar-refractivity contribution in [3.63, 3.8) is 0 Å². The lowest BCUT2D eigenvalue weighted by Gasteiger charge is -2.24. The van der Waals surface area contributed by atoms with E-state index in [2.05, 4.69) is 5.32 Å². The molecule has 0 bridgehead atoms. The van der Waals surface area contributed by atoms with Gasteiger partial charge in [-0.25, -0.2) is 0 Å². The first-order chi connectivity index (χ1) is 9.14. The van der Waals surface area contributed by atoms with Crippen molar-refractivity contribution >= 4 is 17.6 Å². The molecule has 0 aromatic heterocycles. The Morgan fingerprint density at radius 1 is 1.40 bits per heavy atom. The Balaban J connectivity index is 3.02. The zero-order valence-corrected chi connectivity index (χ0v) is 11.5. The van der Waals surface area contributed by atoms with Crippen LogP contribution in [0.15, 0.2) is 18.2 Å². The van der Waals surface area contributed by atoms with Crippen LogP contribution >= 0.6 is 0 Å². The smallest absolute Gasteiger partial charge is 0.305 e. The van der Waals surface area contributed by atoms with Crippen molar-refractivity contribution in [2.24, 2.45) is 0 Å². The summed E-state index contributed by atoms with van der Waals surface area (Å²) >= 11 is 0. The third-order valence-corrected chi connectivity index (χ3v) is 2.79. The van der Waals surface area contributed by atoms with Gasteiger partial charge in [-0.15, -0.1) is 0 Å². The molecular weight excluding hydrogens is 264 g/mol. The molecule has 1 amide bonds. The first-order valence-electron chi connectivity index (χ1n) is 5.92. The fourth-order valence-electron chi connectivity index (χ4n) is 1.86. The largest absolute Gasteiger partial charge is 0.481 e. The fourth-order valence-corrected chi connectivity index (χ4v) is 1.86. The summed E-state index contributed by atoms with van der Waals surface area (Å²) in [5.74, 6) is -1.57. The average molecular weight is 280 g/mol. The van der Waals surface area contributed by atoms with Crippen molar-refractivity contribution in [2.75, 3.05) is 0 Å². The van der Waals surface area contributed by atoms with Crippen LogP contribution in [0.25, 0.3) is 0 Å². The van der Waals surface area contributed by atoms with Gasteiger partial charge in [-0.05, 0) is 26.8 Å². The van der Waals surface area contributed by atoms with E-state index in [0.717, 1.165) is 0 Å². The van der Waals surface area contributed by atoms with Gasteiger partial charge in [0.1, 0.15) is 0 Å². The topological polar surface area (TPSA) is 110 Å². The summed E-state index contributed by atoms with van der Waals surface area (Å²) < 4.78 is 0. The molecule has 0 atom stereocenters. The Hall–Kier alpha value is -2.44. The van der Waals surface area contributed by atoms with Crippen LogP contribution in [0.3, 0.4) is 0 Å². The maximum absolute atomic E-state index is 12.1. The van der Waals surface area contributed by atoms with Gasteiger partial charge in [0.2, 0.25) is 0 Å². The Bertz CT molecular complexity index is 566. The molecule has 0 spiro atoms. The number of amides is 1. The van der Waals surface area contributed by atoms with Crippen molar-refractivity contribution in [2.45, 2.75) is 32.7 Å². The standard InChI is InChI=1S/C13H16N2O5/c1-8-9(5-4-6-10(8)15(19)20)12(18)14-13(2,3)7-11(16)17/h4-6H,7H2,1-3H3,(H,14,18)(H,16,17). The number of rotatable bonds is 5. The Morgan fingerprint density at radius 3 is 2.50 bits per heavy atom. The number of carbonyl (C=O) groups is 2. The summed E-state index contributed by atoms with van der Waals surface area (Å²) in [7, 11) is 0. The molecule has 0 fully saturated rings. The van der Waals surface area contributed by atoms with E-state index in [1.54, 1.807) is 13.8 Å². The second-order valence-electron chi connectivity index (χ2n) is 5.12. The molecule has 108 valence electrons. The number of carboxylic acid groups (broad SMARTS) is 1. The molecule has 0 aliphatic heterocycles. The molecule has 0 aliphatic rings. The first-order valence-corrected chi connectivity index (χ1v) is 5.92. The normalized spacial score (nSPS) is 10.9. The average Bonchev–Trinajstić information content (AvgIpc) is 2.25. The fraction of sp³-hybridized carbons (Fsp3) is 0.385. The van der Waals surface area contributed by atoms with Gasteiger partial charge in [0, 0.05) is 22.7 Å². The van der Waals surface area contributed by atoms with Crippen molar-refractivity contribution in [3.8, 4) is 0 Å². The van der Waals surface area contributed by atoms with E-state index < -0.39 is 22.3 Å². The van der Waals surface area contributed by atoms with Crippen molar-refractivity contribution in [1.82, 2.24) is 5.32 Å². The van der Waals surface area contributed by atoms with Gasteiger partial charge in [0.15, 0.2) is 0 Å². The van der Waals surface area contributed by atoms with Gasteiger partial charge >= 0.3 is 5.97 Å². The molecule has 7 heteroatoms. The Labute approximate surface area is 115 Å². The summed E-state index contributed by atoms with van der Waals surface area (Å²) in [6, 6.07) is 4.20. The Morgan fingerprint density at radius 2 is 2.00 bits per heavy atom. The summed E-state index contributed by atoms with van der Waals surface area (Å²) in [4.78, 5) is 33.1. The number of carboxylic acids is 1. The zero-order valence-electron chi connectivity index (χ0n) is 11.5. The summed E-state index contributed by atoms with van der Waals surface area (Å²) in [6.45, 7) is 4.63. The number of benzene rings is 1. The quantitative estimate of drug-likeness (QED) is 0.632. The zero-order chi connectivity index (χ0) is 15.5. The molecule has 7 nitrogen and oxygen atoms in total. The van der Waals surface area contributed by atoms with Crippen LogP contribution < -0.4 is 5.32 Å². The van der Waals surface area contributed by atoms with Crippen molar-refractivity contribution < 1.29 is 19.6 Å². The van der Waals surface area contributed by atoms with E-state index in [1.807, 2.05) is 0 Å². The lowest BCUT2D eigenvalue weighted by molar-refractivity contribution is -0.385.